The Morgan fingerprint density at radius 1 is 0.808 bits per heavy atom. The van der Waals surface area contributed by atoms with E-state index in [4.69, 9.17) is 9.47 Å². The van der Waals surface area contributed by atoms with E-state index in [-0.39, 0.29) is 5.78 Å². The van der Waals surface area contributed by atoms with Crippen LogP contribution < -0.4 is 0 Å². The van der Waals surface area contributed by atoms with E-state index in [1.54, 1.807) is 21.1 Å². The maximum absolute atomic E-state index is 10.9. The number of hydrogen-bond donors (Lipinski definition) is 0. The zero-order chi connectivity index (χ0) is 20.6. The maximum Gasteiger partial charge on any atom is 0.191 e. The molecule has 2 aromatic carbocycles. The van der Waals surface area contributed by atoms with Crippen molar-refractivity contribution in [1.29, 1.82) is 0 Å². The first-order valence-electron chi connectivity index (χ1n) is 9.17. The maximum atomic E-state index is 10.9. The van der Waals surface area contributed by atoms with E-state index in [2.05, 4.69) is 0 Å². The van der Waals surface area contributed by atoms with E-state index >= 15 is 0 Å². The molecule has 0 aromatic heterocycles. The molecule has 0 atom stereocenters. The largest absolute Gasteiger partial charge is 0.349 e. The first kappa shape index (κ1) is 26.3. The van der Waals surface area contributed by atoms with Crippen LogP contribution in [0.25, 0.3) is 0 Å². The number of hydrogen-bond acceptors (Lipinski definition) is 3. The van der Waals surface area contributed by atoms with Crippen LogP contribution in [0.5, 0.6) is 0 Å². The first-order valence-corrected chi connectivity index (χ1v) is 9.17. The van der Waals surface area contributed by atoms with Crippen molar-refractivity contribution in [2.45, 2.75) is 54.3 Å². The van der Waals surface area contributed by atoms with Crippen LogP contribution in [-0.2, 0) is 15.3 Å². The van der Waals surface area contributed by atoms with Crippen molar-refractivity contribution >= 4 is 5.78 Å². The molecule has 0 aliphatic rings. The smallest absolute Gasteiger partial charge is 0.191 e. The van der Waals surface area contributed by atoms with Crippen LogP contribution in [0.2, 0.25) is 0 Å². The SMILES string of the molecule is CC.CC.CC(=O)c1ccccc1C.COC(C)(OC)c1ccccc1. The molecule has 2 aromatic rings. The average molecular weight is 361 g/mol. The van der Waals surface area contributed by atoms with Crippen molar-refractivity contribution in [2.24, 2.45) is 0 Å². The Labute approximate surface area is 160 Å². The van der Waals surface area contributed by atoms with Gasteiger partial charge in [0.2, 0.25) is 0 Å². The van der Waals surface area contributed by atoms with Crippen LogP contribution in [0.15, 0.2) is 54.6 Å². The number of Topliss-reactive ketones (excluding diaryl/α,β-unsaturated/α-hetero) is 1. The fraction of sp³-hybridized carbons (Fsp3) is 0.435. The molecule has 0 saturated carbocycles. The Hall–Kier alpha value is -1.97. The summed E-state index contributed by atoms with van der Waals surface area (Å²) in [6.07, 6.45) is 0. The zero-order valence-electron chi connectivity index (χ0n) is 17.9. The highest BCUT2D eigenvalue weighted by Gasteiger charge is 2.24. The van der Waals surface area contributed by atoms with E-state index in [1.165, 1.54) is 0 Å². The summed E-state index contributed by atoms with van der Waals surface area (Å²) in [5.41, 5.74) is 2.90. The van der Waals surface area contributed by atoms with E-state index in [0.717, 1.165) is 16.7 Å². The molecule has 0 radical (unpaired) electrons. The molecule has 0 aliphatic carbocycles. The molecular weight excluding hydrogens is 324 g/mol. The summed E-state index contributed by atoms with van der Waals surface area (Å²) < 4.78 is 10.5. The van der Waals surface area contributed by atoms with Gasteiger partial charge in [0.1, 0.15) is 0 Å². The van der Waals surface area contributed by atoms with Crippen molar-refractivity contribution in [2.75, 3.05) is 14.2 Å². The number of ketones is 1. The molecule has 0 N–H and O–H groups in total. The van der Waals surface area contributed by atoms with Gasteiger partial charge in [0.05, 0.1) is 0 Å². The number of methoxy groups -OCH3 is 2. The molecule has 0 fully saturated rings. The summed E-state index contributed by atoms with van der Waals surface area (Å²) in [5, 5.41) is 0. The third-order valence-electron chi connectivity index (χ3n) is 3.60. The summed E-state index contributed by atoms with van der Waals surface area (Å²) >= 11 is 0. The number of benzene rings is 2. The fourth-order valence-corrected chi connectivity index (χ4v) is 2.03. The van der Waals surface area contributed by atoms with Gasteiger partial charge in [0.25, 0.3) is 0 Å². The monoisotopic (exact) mass is 360 g/mol. The lowest BCUT2D eigenvalue weighted by Crippen LogP contribution is -2.26. The van der Waals surface area contributed by atoms with Crippen molar-refractivity contribution in [3.05, 3.63) is 71.3 Å². The topological polar surface area (TPSA) is 35.5 Å². The lowest BCUT2D eigenvalue weighted by molar-refractivity contribution is -0.201. The number of ether oxygens (including phenoxy) is 2. The minimum Gasteiger partial charge on any atom is -0.349 e. The molecule has 3 heteroatoms. The van der Waals surface area contributed by atoms with Crippen molar-refractivity contribution in [3.8, 4) is 0 Å². The number of carbonyl (C=O) groups is 1. The highest BCUT2D eigenvalue weighted by atomic mass is 16.7. The first-order chi connectivity index (χ1) is 12.4. The van der Waals surface area contributed by atoms with Crippen LogP contribution in [0, 0.1) is 6.92 Å². The Bertz CT molecular complexity index is 587. The molecule has 26 heavy (non-hydrogen) atoms. The van der Waals surface area contributed by atoms with Gasteiger partial charge in [-0.05, 0) is 26.3 Å². The second-order valence-corrected chi connectivity index (χ2v) is 5.09. The Balaban J connectivity index is 0. The van der Waals surface area contributed by atoms with Gasteiger partial charge in [0, 0.05) is 25.3 Å². The highest BCUT2D eigenvalue weighted by molar-refractivity contribution is 5.95. The molecule has 2 rings (SSSR count). The van der Waals surface area contributed by atoms with Crippen molar-refractivity contribution in [3.63, 3.8) is 0 Å². The van der Waals surface area contributed by atoms with Gasteiger partial charge in [-0.1, -0.05) is 82.3 Å². The second kappa shape index (κ2) is 15.3. The number of rotatable bonds is 4. The molecule has 0 heterocycles. The molecule has 0 amide bonds. The Kier molecular flexibility index (Phi) is 15.5. The van der Waals surface area contributed by atoms with Crippen LogP contribution in [0.1, 0.15) is 63.0 Å². The van der Waals surface area contributed by atoms with Gasteiger partial charge in [-0.25, -0.2) is 0 Å². The lowest BCUT2D eigenvalue weighted by atomic mass is 10.1. The number of aryl methyl sites for hydroxylation is 1. The molecule has 0 bridgehead atoms. The minimum atomic E-state index is -0.624. The van der Waals surface area contributed by atoms with Crippen LogP contribution in [-0.4, -0.2) is 20.0 Å². The molecule has 0 saturated heterocycles. The summed E-state index contributed by atoms with van der Waals surface area (Å²) in [6.45, 7) is 13.4. The van der Waals surface area contributed by atoms with E-state index in [0.29, 0.717) is 0 Å². The normalized spacial score (nSPS) is 9.42. The third-order valence-corrected chi connectivity index (χ3v) is 3.60. The summed E-state index contributed by atoms with van der Waals surface area (Å²) in [7, 11) is 3.27. The van der Waals surface area contributed by atoms with Gasteiger partial charge in [-0.3, -0.25) is 4.79 Å². The average Bonchev–Trinajstić information content (AvgIpc) is 2.71. The molecule has 3 nitrogen and oxygen atoms in total. The molecule has 0 spiro atoms. The van der Waals surface area contributed by atoms with Gasteiger partial charge in [0.15, 0.2) is 11.6 Å². The van der Waals surface area contributed by atoms with Crippen LogP contribution in [0.3, 0.4) is 0 Å². The molecule has 0 aliphatic heterocycles. The summed E-state index contributed by atoms with van der Waals surface area (Å²) in [5.74, 6) is -0.487. The van der Waals surface area contributed by atoms with Gasteiger partial charge in [-0.2, -0.15) is 0 Å². The lowest BCUT2D eigenvalue weighted by Gasteiger charge is -2.26. The Morgan fingerprint density at radius 3 is 1.58 bits per heavy atom. The standard InChI is InChI=1S/C10H14O2.C9H10O.2C2H6/c1-10(11-2,12-3)9-7-5-4-6-8-9;1-7-5-3-4-6-9(7)8(2)10;2*1-2/h4-8H,1-3H3;3-6H,1-2H3;2*1-2H3. The molecule has 146 valence electrons. The van der Waals surface area contributed by atoms with E-state index < -0.39 is 5.79 Å². The summed E-state index contributed by atoms with van der Waals surface area (Å²) in [4.78, 5) is 10.9. The predicted molar refractivity (Wildman–Crippen MR) is 112 cm³/mol. The van der Waals surface area contributed by atoms with Crippen LogP contribution >= 0.6 is 0 Å². The van der Waals surface area contributed by atoms with Gasteiger partial charge in [-0.15, -0.1) is 0 Å². The van der Waals surface area contributed by atoms with E-state index in [1.807, 2.05) is 96.1 Å². The molecule has 0 unspecified atom stereocenters. The van der Waals surface area contributed by atoms with Crippen LogP contribution in [0.4, 0.5) is 0 Å². The summed E-state index contributed by atoms with van der Waals surface area (Å²) in [6, 6.07) is 17.5. The molecular formula is C23H36O3. The fourth-order valence-electron chi connectivity index (χ4n) is 2.03. The van der Waals surface area contributed by atoms with Gasteiger partial charge < -0.3 is 9.47 Å². The zero-order valence-corrected chi connectivity index (χ0v) is 17.9. The number of carbonyl (C=O) groups excluding carboxylic acids is 1. The minimum absolute atomic E-state index is 0.137. The van der Waals surface area contributed by atoms with E-state index in [9.17, 15) is 4.79 Å². The van der Waals surface area contributed by atoms with Gasteiger partial charge >= 0.3 is 0 Å². The third kappa shape index (κ3) is 8.93. The predicted octanol–water partition coefficient (Wildman–Crippen LogP) is 6.40. The van der Waals surface area contributed by atoms with Crippen molar-refractivity contribution in [1.82, 2.24) is 0 Å². The highest BCUT2D eigenvalue weighted by Crippen LogP contribution is 2.24. The van der Waals surface area contributed by atoms with Crippen molar-refractivity contribution < 1.29 is 14.3 Å². The second-order valence-electron chi connectivity index (χ2n) is 5.09. The quantitative estimate of drug-likeness (QED) is 0.467. The Morgan fingerprint density at radius 2 is 1.23 bits per heavy atom.